The van der Waals surface area contributed by atoms with Gasteiger partial charge in [0, 0.05) is 23.4 Å². The summed E-state index contributed by atoms with van der Waals surface area (Å²) in [7, 11) is 0. The number of carbonyl (C=O) groups is 1. The maximum atomic E-state index is 13.0. The maximum absolute atomic E-state index is 13.0. The van der Waals surface area contributed by atoms with E-state index in [4.69, 9.17) is 17.3 Å². The van der Waals surface area contributed by atoms with Crippen LogP contribution in [0.25, 0.3) is 11.3 Å². The summed E-state index contributed by atoms with van der Waals surface area (Å²) in [6, 6.07) is 8.24. The third-order valence-electron chi connectivity index (χ3n) is 3.73. The van der Waals surface area contributed by atoms with Gasteiger partial charge in [-0.05, 0) is 30.3 Å². The highest BCUT2D eigenvalue weighted by molar-refractivity contribution is 7.17. The van der Waals surface area contributed by atoms with Crippen molar-refractivity contribution in [2.45, 2.75) is 6.18 Å². The van der Waals surface area contributed by atoms with Gasteiger partial charge in [0.25, 0.3) is 11.6 Å². The summed E-state index contributed by atoms with van der Waals surface area (Å²) in [4.78, 5) is 26.9. The average molecular weight is 443 g/mol. The van der Waals surface area contributed by atoms with Crippen LogP contribution >= 0.6 is 22.9 Å². The van der Waals surface area contributed by atoms with E-state index in [1.54, 1.807) is 0 Å². The first kappa shape index (κ1) is 20.6. The van der Waals surface area contributed by atoms with Crippen molar-refractivity contribution < 1.29 is 22.9 Å². The van der Waals surface area contributed by atoms with Crippen LogP contribution in [0.15, 0.2) is 42.5 Å². The second kappa shape index (κ2) is 7.68. The fourth-order valence-electron chi connectivity index (χ4n) is 2.44. The monoisotopic (exact) mass is 442 g/mol. The zero-order valence-corrected chi connectivity index (χ0v) is 15.7. The molecule has 1 aromatic heterocycles. The average Bonchev–Trinajstić information content (AvgIpc) is 3.04. The molecule has 12 heteroatoms. The van der Waals surface area contributed by atoms with Gasteiger partial charge in [0.15, 0.2) is 5.13 Å². The smallest absolute Gasteiger partial charge is 0.375 e. The minimum absolute atomic E-state index is 0.0415. The van der Waals surface area contributed by atoms with E-state index >= 15 is 0 Å². The van der Waals surface area contributed by atoms with Crippen molar-refractivity contribution in [3.05, 3.63) is 68.0 Å². The number of benzene rings is 2. The Morgan fingerprint density at radius 3 is 2.45 bits per heavy atom. The van der Waals surface area contributed by atoms with Crippen LogP contribution in [0.3, 0.4) is 0 Å². The molecule has 3 aromatic rings. The van der Waals surface area contributed by atoms with E-state index < -0.39 is 27.6 Å². The molecule has 0 aliphatic heterocycles. The highest BCUT2D eigenvalue weighted by atomic mass is 35.5. The van der Waals surface area contributed by atoms with Crippen LogP contribution in [0.5, 0.6) is 0 Å². The van der Waals surface area contributed by atoms with Crippen molar-refractivity contribution in [2.75, 3.05) is 11.1 Å². The van der Waals surface area contributed by atoms with Crippen molar-refractivity contribution in [3.63, 3.8) is 0 Å². The van der Waals surface area contributed by atoms with Crippen LogP contribution in [0.1, 0.15) is 15.2 Å². The van der Waals surface area contributed by atoms with Gasteiger partial charge in [-0.2, -0.15) is 13.2 Å². The first-order valence-electron chi connectivity index (χ1n) is 7.75. The van der Waals surface area contributed by atoms with Gasteiger partial charge >= 0.3 is 6.18 Å². The molecule has 0 spiro atoms. The molecule has 0 unspecified atom stereocenters. The predicted octanol–water partition coefficient (Wildman–Crippen LogP) is 5.23. The number of alkyl halides is 3. The number of aromatic nitrogens is 1. The van der Waals surface area contributed by atoms with Gasteiger partial charge in [-0.1, -0.05) is 22.9 Å². The van der Waals surface area contributed by atoms with Crippen LogP contribution in [-0.2, 0) is 6.18 Å². The van der Waals surface area contributed by atoms with Gasteiger partial charge in [-0.15, -0.1) is 0 Å². The van der Waals surface area contributed by atoms with Crippen molar-refractivity contribution >= 4 is 45.4 Å². The van der Waals surface area contributed by atoms with Crippen molar-refractivity contribution in [2.24, 2.45) is 0 Å². The number of amides is 1. The standard InChI is InChI=1S/C17H10ClF3N4O3S/c18-12-6-3-9(7-11(12)17(19,20)21)23-15(26)14-13(24-16(22)29-14)8-1-4-10(5-2-8)25(27)28/h1-7H,(H2,22,24)(H,23,26). The van der Waals surface area contributed by atoms with E-state index in [1.165, 1.54) is 30.3 Å². The van der Waals surface area contributed by atoms with Crippen LogP contribution in [-0.4, -0.2) is 15.8 Å². The van der Waals surface area contributed by atoms with Gasteiger partial charge in [-0.25, -0.2) is 4.98 Å². The van der Waals surface area contributed by atoms with Crippen LogP contribution < -0.4 is 11.1 Å². The van der Waals surface area contributed by atoms with E-state index in [-0.39, 0.29) is 27.1 Å². The number of carbonyl (C=O) groups excluding carboxylic acids is 1. The number of nitro groups is 1. The lowest BCUT2D eigenvalue weighted by molar-refractivity contribution is -0.384. The van der Waals surface area contributed by atoms with Crippen molar-refractivity contribution in [1.82, 2.24) is 4.98 Å². The van der Waals surface area contributed by atoms with E-state index in [9.17, 15) is 28.1 Å². The summed E-state index contributed by atoms with van der Waals surface area (Å²) < 4.78 is 39.0. The second-order valence-corrected chi connectivity index (χ2v) is 7.12. The first-order chi connectivity index (χ1) is 13.6. The summed E-state index contributed by atoms with van der Waals surface area (Å²) in [6.45, 7) is 0. The molecule has 0 saturated heterocycles. The number of hydrogen-bond donors (Lipinski definition) is 2. The number of anilines is 2. The molecule has 0 bridgehead atoms. The number of nitrogens with two attached hydrogens (primary N) is 1. The van der Waals surface area contributed by atoms with Gasteiger partial charge in [0.05, 0.1) is 21.2 Å². The molecular weight excluding hydrogens is 433 g/mol. The molecule has 0 saturated carbocycles. The highest BCUT2D eigenvalue weighted by Gasteiger charge is 2.33. The minimum atomic E-state index is -4.68. The fourth-order valence-corrected chi connectivity index (χ4v) is 3.41. The van der Waals surface area contributed by atoms with Crippen molar-refractivity contribution in [1.29, 1.82) is 0 Å². The van der Waals surface area contributed by atoms with Gasteiger partial charge in [0.2, 0.25) is 0 Å². The Kier molecular flexibility index (Phi) is 5.44. The zero-order chi connectivity index (χ0) is 21.3. The number of non-ortho nitro benzene ring substituents is 1. The second-order valence-electron chi connectivity index (χ2n) is 5.68. The number of rotatable bonds is 4. The molecule has 3 rings (SSSR count). The Labute approximate surface area is 170 Å². The molecule has 0 aliphatic rings. The number of nitro benzene ring substituents is 1. The molecule has 0 aliphatic carbocycles. The Hall–Kier alpha value is -3.18. The van der Waals surface area contributed by atoms with Gasteiger partial charge < -0.3 is 11.1 Å². The lowest BCUT2D eigenvalue weighted by Crippen LogP contribution is -2.13. The molecule has 1 amide bonds. The van der Waals surface area contributed by atoms with Crippen LogP contribution in [0.2, 0.25) is 5.02 Å². The summed E-state index contributed by atoms with van der Waals surface area (Å²) in [5, 5.41) is 12.7. The van der Waals surface area contributed by atoms with Gasteiger partial charge in [0.1, 0.15) is 4.88 Å². The summed E-state index contributed by atoms with van der Waals surface area (Å²) in [5.41, 5.74) is 4.87. The van der Waals surface area contributed by atoms with Crippen LogP contribution in [0, 0.1) is 10.1 Å². The zero-order valence-electron chi connectivity index (χ0n) is 14.2. The molecule has 0 atom stereocenters. The summed E-state index contributed by atoms with van der Waals surface area (Å²) >= 11 is 6.41. The molecular formula is C17H10ClF3N4O3S. The van der Waals surface area contributed by atoms with Gasteiger partial charge in [-0.3, -0.25) is 14.9 Å². The Balaban J connectivity index is 1.92. The van der Waals surface area contributed by atoms with E-state index in [1.807, 2.05) is 0 Å². The Bertz CT molecular complexity index is 1100. The predicted molar refractivity (Wildman–Crippen MR) is 103 cm³/mol. The minimum Gasteiger partial charge on any atom is -0.375 e. The van der Waals surface area contributed by atoms with E-state index in [2.05, 4.69) is 10.3 Å². The SMILES string of the molecule is Nc1nc(-c2ccc([N+](=O)[O-])cc2)c(C(=O)Nc2ccc(Cl)c(C(F)(F)F)c2)s1. The Morgan fingerprint density at radius 1 is 1.21 bits per heavy atom. The number of nitrogens with zero attached hydrogens (tertiary/aromatic N) is 2. The molecule has 1 heterocycles. The number of nitrogens with one attached hydrogen (secondary N) is 1. The number of hydrogen-bond acceptors (Lipinski definition) is 6. The lowest BCUT2D eigenvalue weighted by atomic mass is 10.1. The van der Waals surface area contributed by atoms with Crippen molar-refractivity contribution in [3.8, 4) is 11.3 Å². The van der Waals surface area contributed by atoms with E-state index in [0.29, 0.717) is 5.56 Å². The number of nitrogen functional groups attached to an aromatic ring is 1. The fraction of sp³-hybridized carbons (Fsp3) is 0.0588. The topological polar surface area (TPSA) is 111 Å². The quantitative estimate of drug-likeness (QED) is 0.424. The van der Waals surface area contributed by atoms with E-state index in [0.717, 1.165) is 23.5 Å². The molecule has 2 aromatic carbocycles. The molecule has 0 fully saturated rings. The highest BCUT2D eigenvalue weighted by Crippen LogP contribution is 2.37. The van der Waals surface area contributed by atoms with Crippen LogP contribution in [0.4, 0.5) is 29.7 Å². The number of halogens is 4. The molecule has 7 nitrogen and oxygen atoms in total. The summed E-state index contributed by atoms with van der Waals surface area (Å²) in [5.74, 6) is -0.733. The lowest BCUT2D eigenvalue weighted by Gasteiger charge is -2.11. The normalized spacial score (nSPS) is 11.3. The first-order valence-corrected chi connectivity index (χ1v) is 8.95. The summed E-state index contributed by atoms with van der Waals surface area (Å²) in [6.07, 6.45) is -4.68. The third-order valence-corrected chi connectivity index (χ3v) is 4.94. The molecule has 150 valence electrons. The number of thiazole rings is 1. The Morgan fingerprint density at radius 2 is 1.86 bits per heavy atom. The largest absolute Gasteiger partial charge is 0.417 e. The molecule has 0 radical (unpaired) electrons. The third kappa shape index (κ3) is 4.46. The molecule has 3 N–H and O–H groups in total. The molecule has 29 heavy (non-hydrogen) atoms. The maximum Gasteiger partial charge on any atom is 0.417 e.